The zero-order valence-electron chi connectivity index (χ0n) is 62.1. The van der Waals surface area contributed by atoms with E-state index in [-0.39, 0.29) is 60.5 Å². The van der Waals surface area contributed by atoms with Crippen molar-refractivity contribution in [2.75, 3.05) is 115 Å². The van der Waals surface area contributed by atoms with E-state index in [2.05, 4.69) is 359 Å². The Morgan fingerprint density at radius 1 is 0.393 bits per heavy atom. The van der Waals surface area contributed by atoms with Crippen LogP contribution < -0.4 is 5.32 Å². The van der Waals surface area contributed by atoms with Gasteiger partial charge in [-0.3, -0.25) is 24.5 Å². The van der Waals surface area contributed by atoms with Gasteiger partial charge in [-0.15, -0.1) is 25.3 Å². The van der Waals surface area contributed by atoms with E-state index in [0.29, 0.717) is 23.0 Å². The van der Waals surface area contributed by atoms with E-state index in [0.717, 1.165) is 108 Å². The average Bonchev–Trinajstić information content (AvgIpc) is 0.854. The summed E-state index contributed by atoms with van der Waals surface area (Å²) in [7, 11) is -2.83. The number of aliphatic hydroxyl groups excluding tert-OH is 2. The number of nitrogens with one attached hydrogen (secondary N) is 1. The maximum atomic E-state index is 10.7. The Kier molecular flexibility index (Phi) is 126. The number of carbonyl (C=O) groups is 4. The number of rotatable bonds is 42. The van der Waals surface area contributed by atoms with Gasteiger partial charge >= 0.3 is 11.9 Å². The number of hydrogen-bond donors (Lipinski definition) is 29. The van der Waals surface area contributed by atoms with Crippen LogP contribution in [0.2, 0.25) is 0 Å². The molecule has 0 saturated carbocycles. The van der Waals surface area contributed by atoms with Crippen LogP contribution in [-0.2, 0) is 52.0 Å². The number of sulfone groups is 1. The highest BCUT2D eigenvalue weighted by Gasteiger charge is 2.18. The minimum absolute atomic E-state index is 0.163. The number of carboxylic acids is 2. The number of unbranched alkanes of at least 4 members (excludes halogenated alkanes) is 10. The maximum absolute atomic E-state index is 10.7. The van der Waals surface area contributed by atoms with Crippen molar-refractivity contribution in [2.24, 2.45) is 0 Å². The van der Waals surface area contributed by atoms with Crippen LogP contribution in [-0.4, -0.2) is 190 Å². The van der Waals surface area contributed by atoms with Gasteiger partial charge in [-0.25, -0.2) is 8.42 Å². The van der Waals surface area contributed by atoms with E-state index in [1.807, 2.05) is 36.0 Å². The lowest BCUT2D eigenvalue weighted by Crippen LogP contribution is -2.30. The van der Waals surface area contributed by atoms with Gasteiger partial charge in [0, 0.05) is 80.2 Å². The van der Waals surface area contributed by atoms with Gasteiger partial charge in [0.2, 0.25) is 11.8 Å². The number of benzene rings is 3. The number of aliphatic hydroxyl groups is 2. The fourth-order valence-electron chi connectivity index (χ4n) is 6.35. The first-order valence-corrected chi connectivity index (χ1v) is 52.1. The van der Waals surface area contributed by atoms with E-state index in [1.54, 1.807) is 0 Å². The molecule has 3 aromatic carbocycles. The molecule has 4 atom stereocenters. The molecule has 0 spiro atoms. The zero-order valence-corrected chi connectivity index (χ0v) is 85.2. The van der Waals surface area contributed by atoms with Gasteiger partial charge in [0.1, 0.15) is 0 Å². The summed E-state index contributed by atoms with van der Waals surface area (Å²) in [4.78, 5) is 43.8. The van der Waals surface area contributed by atoms with Crippen LogP contribution in [0.5, 0.6) is 0 Å². The maximum Gasteiger partial charge on any atom is 0.316 e. The quantitative estimate of drug-likeness (QED) is 0.0191. The highest BCUT2D eigenvalue weighted by Crippen LogP contribution is 2.20. The smallest absolute Gasteiger partial charge is 0.316 e. The van der Waals surface area contributed by atoms with Crippen LogP contribution in [0.25, 0.3) is 0 Å². The summed E-state index contributed by atoms with van der Waals surface area (Å²) >= 11 is 97.8. The number of aliphatic carboxylic acids is 2. The van der Waals surface area contributed by atoms with E-state index in [9.17, 15) is 27.6 Å². The van der Waals surface area contributed by atoms with Crippen LogP contribution in [0.1, 0.15) is 149 Å². The molecular formula is C70H133NO10S26. The summed E-state index contributed by atoms with van der Waals surface area (Å²) in [6, 6.07) is 20.4. The predicted molar refractivity (Wildman–Crippen MR) is 561 cm³/mol. The minimum Gasteiger partial charge on any atom is -0.480 e. The lowest BCUT2D eigenvalue weighted by atomic mass is 10.0. The van der Waals surface area contributed by atoms with Crippen LogP contribution in [0, 0.1) is 13.8 Å². The fourth-order valence-corrected chi connectivity index (χ4v) is 14.7. The summed E-state index contributed by atoms with van der Waals surface area (Å²) in [5.41, 5.74) is 7.80. The molecule has 0 heterocycles. The Hall–Kier alpha value is 4.36. The Morgan fingerprint density at radius 2 is 0.673 bits per heavy atom. The van der Waals surface area contributed by atoms with Crippen molar-refractivity contribution in [3.8, 4) is 0 Å². The first-order chi connectivity index (χ1) is 50.9. The van der Waals surface area contributed by atoms with Gasteiger partial charge in [0.05, 0.1) is 34.2 Å². The summed E-state index contributed by atoms with van der Waals surface area (Å²) in [6.07, 6.45) is 17.7. The van der Waals surface area contributed by atoms with Crippen molar-refractivity contribution >= 4 is 348 Å². The first-order valence-electron chi connectivity index (χ1n) is 34.5. The molecule has 5 N–H and O–H groups in total. The molecule has 0 aromatic heterocycles. The molecule has 107 heavy (non-hydrogen) atoms. The normalized spacial score (nSPS) is 11.1. The SMILES string of the molecule is Cc1cc(CS)c(CS)cc1C.O=C(CCS)NC(=O)CCS.O=C(O)[C@H](S)CC[C@H](S)C(=O)O.O=S(=O)(CCS)CCS.O[C@H](CS)[C@@H](O)CS.SCCCCCCCCCCS.SCCCCCS.SCCCCS.SCCCS.SCCSCCS.SCc1ccc(CS)cc1.Sc1cccc(S)c1. The lowest BCUT2D eigenvalue weighted by Gasteiger charge is -2.11. The van der Waals surface area contributed by atoms with Gasteiger partial charge in [-0.1, -0.05) is 87.4 Å². The van der Waals surface area contributed by atoms with Crippen LogP contribution in [0.3, 0.4) is 0 Å². The molecule has 11 nitrogen and oxygen atoms in total. The first kappa shape index (κ1) is 129. The minimum atomic E-state index is -2.83. The van der Waals surface area contributed by atoms with Crippen molar-refractivity contribution < 1.29 is 48.0 Å². The van der Waals surface area contributed by atoms with Crippen molar-refractivity contribution in [2.45, 2.75) is 185 Å². The van der Waals surface area contributed by atoms with Gasteiger partial charge in [0.15, 0.2) is 9.84 Å². The van der Waals surface area contributed by atoms with Gasteiger partial charge in [-0.2, -0.15) is 290 Å². The summed E-state index contributed by atoms with van der Waals surface area (Å²) in [5.74, 6) is 15.6. The monoisotopic (exact) mass is 1980 g/mol. The second-order valence-corrected chi connectivity index (χ2v) is 35.8. The summed E-state index contributed by atoms with van der Waals surface area (Å²) in [5, 5.41) is 34.9. The van der Waals surface area contributed by atoms with Crippen molar-refractivity contribution in [3.05, 3.63) is 94.0 Å². The van der Waals surface area contributed by atoms with Crippen LogP contribution >= 0.6 is 315 Å². The molecule has 0 unspecified atom stereocenters. The predicted octanol–water partition coefficient (Wildman–Crippen LogP) is 19.0. The van der Waals surface area contributed by atoms with Crippen LogP contribution in [0.4, 0.5) is 0 Å². The highest BCUT2D eigenvalue weighted by atomic mass is 32.2. The molecule has 37 heteroatoms. The number of aryl methyl sites for hydroxylation is 2. The molecule has 0 saturated heterocycles. The van der Waals surface area contributed by atoms with Crippen molar-refractivity contribution in [1.82, 2.24) is 5.32 Å². The number of thiol groups is 24. The molecule has 634 valence electrons. The van der Waals surface area contributed by atoms with E-state index in [1.165, 1.54) is 117 Å². The third kappa shape index (κ3) is 108. The van der Waals surface area contributed by atoms with E-state index in [4.69, 9.17) is 20.4 Å². The number of carbonyl (C=O) groups excluding carboxylic acids is 2. The zero-order chi connectivity index (χ0) is 83.9. The Balaban J connectivity index is -0.000000141. The third-order valence-corrected chi connectivity index (χ3v) is 23.9. The summed E-state index contributed by atoms with van der Waals surface area (Å²) < 4.78 is 21.5. The van der Waals surface area contributed by atoms with E-state index >= 15 is 0 Å². The standard InChI is InChI=1S/C10H14S2.C10H22S2.C8H10S2.C6H11NO2S2.C6H10O4S2.C6H6S2.C5H12S2.C4H10O2S3.C4H10O2S2.C4H10S3.C4H10S2.C3H8S2/c1-7-3-9(5-11)10(6-12)4-8(7)2;11-9-7-5-3-1-2-4-6-8-10-12;9-5-7-1-2-8(6-10)4-3-7;8-5(1-3-10)7-6(9)2-4-11;7-5(8)3(11)1-2-4(12)6(9)10;7-5-2-1-3-6(8)4-5;6-4-2-1-3-5-7;5-9(6,3-1-7)4-2-8;5-3(1-7)4(6)2-8;5-1-3-7-4-2-6;5-3-1-2-4-6;4-2-1-3-5/h3-4,11-12H,5-6H2,1-2H3;11-12H,1-10H2;1-4,9-10H,5-6H2;10-11H,1-4H2,(H,7,8,9);3-4,11-12H,1-2H2,(H,7,8)(H,9,10);1-4,7-8H;6-7H,1-5H2;7-8H,1-4H2;3-8H,1-2H2;5-6H,1-4H2;5-6H,1-4H2;4-5H,1-3H2/t;;;;3-,4+;;;;3-,4+;;;. The molecule has 0 aliphatic heterocycles. The van der Waals surface area contributed by atoms with Gasteiger partial charge in [0.25, 0.3) is 0 Å². The van der Waals surface area contributed by atoms with Crippen molar-refractivity contribution in [1.29, 1.82) is 0 Å². The number of carboxylic acid groups (broad SMARTS) is 2. The molecule has 0 bridgehead atoms. The number of amides is 2. The Bertz CT molecular complexity index is 2320. The lowest BCUT2D eigenvalue weighted by molar-refractivity contribution is -0.138. The average molecular weight is 1980 g/mol. The topological polar surface area (TPSA) is 195 Å². The van der Waals surface area contributed by atoms with Gasteiger partial charge in [-0.05, 0) is 192 Å². The number of hydrogen-bond acceptors (Lipinski definition) is 33. The number of thioether (sulfide) groups is 1. The Labute approximate surface area is 785 Å². The number of imide groups is 1. The molecule has 0 radical (unpaired) electrons. The second kappa shape index (κ2) is 105. The molecule has 2 amide bonds. The molecular weight excluding hydrogens is 1850 g/mol. The van der Waals surface area contributed by atoms with Crippen molar-refractivity contribution in [3.63, 3.8) is 0 Å². The van der Waals surface area contributed by atoms with Crippen LogP contribution in [0.15, 0.2) is 70.5 Å². The molecule has 3 rings (SSSR count). The molecule has 3 aromatic rings. The second-order valence-electron chi connectivity index (χ2n) is 21.8. The Morgan fingerprint density at radius 3 is 0.879 bits per heavy atom. The fraction of sp³-hybridized carbons (Fsp3) is 0.686. The van der Waals surface area contributed by atoms with Gasteiger partial charge < -0.3 is 20.4 Å². The highest BCUT2D eigenvalue weighted by molar-refractivity contribution is 8.00. The molecule has 0 fully saturated rings. The molecule has 0 aliphatic carbocycles. The third-order valence-electron chi connectivity index (χ3n) is 12.5. The largest absolute Gasteiger partial charge is 0.480 e. The van der Waals surface area contributed by atoms with E-state index < -0.39 is 44.5 Å². The summed E-state index contributed by atoms with van der Waals surface area (Å²) in [6.45, 7) is 4.26. The molecule has 0 aliphatic rings.